The van der Waals surface area contributed by atoms with Gasteiger partial charge in [0, 0.05) is 13.0 Å². The quantitative estimate of drug-likeness (QED) is 0.835. The fraction of sp³-hybridized carbons (Fsp3) is 0.350. The molecule has 0 bridgehead atoms. The number of aryl methyl sites for hydroxylation is 1. The summed E-state index contributed by atoms with van der Waals surface area (Å²) in [7, 11) is 1.66. The van der Waals surface area contributed by atoms with Crippen LogP contribution in [0.15, 0.2) is 54.6 Å². The van der Waals surface area contributed by atoms with E-state index in [0.29, 0.717) is 6.42 Å². The molecule has 0 spiro atoms. The van der Waals surface area contributed by atoms with Gasteiger partial charge in [-0.3, -0.25) is 4.79 Å². The fourth-order valence-electron chi connectivity index (χ4n) is 3.27. The van der Waals surface area contributed by atoms with Gasteiger partial charge in [-0.05, 0) is 42.5 Å². The van der Waals surface area contributed by atoms with Gasteiger partial charge in [-0.25, -0.2) is 0 Å². The monoisotopic (exact) mass is 309 g/mol. The number of amides is 1. The molecule has 1 unspecified atom stereocenters. The van der Waals surface area contributed by atoms with Crippen molar-refractivity contribution in [2.24, 2.45) is 0 Å². The second-order valence-electron chi connectivity index (χ2n) is 6.00. The Balaban J connectivity index is 1.60. The van der Waals surface area contributed by atoms with Crippen LogP contribution in [0.5, 0.6) is 5.75 Å². The average molecular weight is 309 g/mol. The molecule has 0 saturated carbocycles. The van der Waals surface area contributed by atoms with Gasteiger partial charge in [0.2, 0.25) is 5.91 Å². The van der Waals surface area contributed by atoms with Crippen molar-refractivity contribution in [3.8, 4) is 5.75 Å². The van der Waals surface area contributed by atoms with Crippen molar-refractivity contribution in [2.75, 3.05) is 13.7 Å². The molecule has 1 aliphatic rings. The molecule has 23 heavy (non-hydrogen) atoms. The molecular formula is C20H23NO2. The Kier molecular flexibility index (Phi) is 4.96. The van der Waals surface area contributed by atoms with Crippen molar-refractivity contribution < 1.29 is 9.53 Å². The molecule has 3 rings (SSSR count). The lowest BCUT2D eigenvalue weighted by molar-refractivity contribution is -0.132. The SMILES string of the molecule is COc1ccc(CCC(=O)N2CCCC2c2ccccc2)cc1. The van der Waals surface area contributed by atoms with Gasteiger partial charge in [-0.2, -0.15) is 0 Å². The first-order chi connectivity index (χ1) is 11.3. The predicted molar refractivity (Wildman–Crippen MR) is 91.4 cm³/mol. The van der Waals surface area contributed by atoms with Crippen LogP contribution in [0.25, 0.3) is 0 Å². The Morgan fingerprint density at radius 2 is 1.87 bits per heavy atom. The highest BCUT2D eigenvalue weighted by Crippen LogP contribution is 2.32. The molecule has 120 valence electrons. The van der Waals surface area contributed by atoms with Crippen LogP contribution in [0.3, 0.4) is 0 Å². The van der Waals surface area contributed by atoms with Crippen LogP contribution in [0.4, 0.5) is 0 Å². The zero-order chi connectivity index (χ0) is 16.1. The van der Waals surface area contributed by atoms with Gasteiger partial charge in [0.1, 0.15) is 5.75 Å². The number of hydrogen-bond donors (Lipinski definition) is 0. The number of carbonyl (C=O) groups is 1. The molecule has 3 heteroatoms. The summed E-state index contributed by atoms with van der Waals surface area (Å²) in [6.07, 6.45) is 3.50. The zero-order valence-electron chi connectivity index (χ0n) is 13.6. The lowest BCUT2D eigenvalue weighted by Crippen LogP contribution is -2.30. The minimum atomic E-state index is 0.250. The first kappa shape index (κ1) is 15.6. The number of hydrogen-bond acceptors (Lipinski definition) is 2. The minimum absolute atomic E-state index is 0.250. The molecule has 0 radical (unpaired) electrons. The molecule has 0 aromatic heterocycles. The molecule has 0 N–H and O–H groups in total. The van der Waals surface area contributed by atoms with Gasteiger partial charge >= 0.3 is 0 Å². The Morgan fingerprint density at radius 3 is 2.57 bits per heavy atom. The molecule has 1 amide bonds. The second-order valence-corrected chi connectivity index (χ2v) is 6.00. The maximum absolute atomic E-state index is 12.6. The van der Waals surface area contributed by atoms with Crippen LogP contribution in [-0.4, -0.2) is 24.5 Å². The molecule has 1 fully saturated rings. The van der Waals surface area contributed by atoms with E-state index in [1.807, 2.05) is 42.5 Å². The van der Waals surface area contributed by atoms with E-state index in [1.54, 1.807) is 7.11 Å². The Bertz CT molecular complexity index is 636. The first-order valence-electron chi connectivity index (χ1n) is 8.25. The zero-order valence-corrected chi connectivity index (χ0v) is 13.6. The predicted octanol–water partition coefficient (Wildman–Crippen LogP) is 3.99. The van der Waals surface area contributed by atoms with Gasteiger partial charge in [0.15, 0.2) is 0 Å². The summed E-state index contributed by atoms with van der Waals surface area (Å²) < 4.78 is 5.16. The van der Waals surface area contributed by atoms with Crippen LogP contribution in [0.1, 0.15) is 36.4 Å². The minimum Gasteiger partial charge on any atom is -0.497 e. The number of benzene rings is 2. The highest BCUT2D eigenvalue weighted by atomic mass is 16.5. The summed E-state index contributed by atoms with van der Waals surface area (Å²) in [6.45, 7) is 0.876. The molecule has 1 heterocycles. The fourth-order valence-corrected chi connectivity index (χ4v) is 3.27. The van der Waals surface area contributed by atoms with Crippen molar-refractivity contribution >= 4 is 5.91 Å². The maximum atomic E-state index is 12.6. The van der Waals surface area contributed by atoms with Crippen molar-refractivity contribution in [3.05, 3.63) is 65.7 Å². The molecule has 1 atom stereocenters. The smallest absolute Gasteiger partial charge is 0.223 e. The third kappa shape index (κ3) is 3.73. The van der Waals surface area contributed by atoms with Crippen molar-refractivity contribution in [2.45, 2.75) is 31.7 Å². The number of likely N-dealkylation sites (tertiary alicyclic amines) is 1. The molecule has 0 aliphatic carbocycles. The van der Waals surface area contributed by atoms with Gasteiger partial charge in [-0.1, -0.05) is 42.5 Å². The van der Waals surface area contributed by atoms with E-state index in [2.05, 4.69) is 17.0 Å². The standard InChI is InChI=1S/C20H23NO2/c1-23-18-12-9-16(10-13-18)11-14-20(22)21-15-5-8-19(21)17-6-3-2-4-7-17/h2-4,6-7,9-10,12-13,19H,5,8,11,14-15H2,1H3. The summed E-state index contributed by atoms with van der Waals surface area (Å²) in [5.74, 6) is 1.11. The van der Waals surface area contributed by atoms with E-state index in [1.165, 1.54) is 11.1 Å². The number of carbonyl (C=O) groups excluding carboxylic acids is 1. The van der Waals surface area contributed by atoms with Crippen molar-refractivity contribution in [1.82, 2.24) is 4.90 Å². The van der Waals surface area contributed by atoms with Gasteiger partial charge in [0.25, 0.3) is 0 Å². The normalized spacial score (nSPS) is 17.3. The molecule has 3 nitrogen and oxygen atoms in total. The molecule has 1 saturated heterocycles. The Labute approximate surface area is 137 Å². The summed E-state index contributed by atoms with van der Waals surface area (Å²) in [5, 5.41) is 0. The molecular weight excluding hydrogens is 286 g/mol. The maximum Gasteiger partial charge on any atom is 0.223 e. The Morgan fingerprint density at radius 1 is 1.13 bits per heavy atom. The van der Waals surface area contributed by atoms with E-state index in [9.17, 15) is 4.79 Å². The van der Waals surface area contributed by atoms with E-state index >= 15 is 0 Å². The largest absolute Gasteiger partial charge is 0.497 e. The van der Waals surface area contributed by atoms with E-state index in [-0.39, 0.29) is 11.9 Å². The van der Waals surface area contributed by atoms with Gasteiger partial charge in [-0.15, -0.1) is 0 Å². The first-order valence-corrected chi connectivity index (χ1v) is 8.25. The van der Waals surface area contributed by atoms with Crippen LogP contribution >= 0.6 is 0 Å². The molecule has 2 aromatic rings. The van der Waals surface area contributed by atoms with Gasteiger partial charge < -0.3 is 9.64 Å². The summed E-state index contributed by atoms with van der Waals surface area (Å²) in [6, 6.07) is 18.6. The summed E-state index contributed by atoms with van der Waals surface area (Å²) in [4.78, 5) is 14.7. The Hall–Kier alpha value is -2.29. The highest BCUT2D eigenvalue weighted by molar-refractivity contribution is 5.77. The lowest BCUT2D eigenvalue weighted by atomic mass is 10.0. The molecule has 2 aromatic carbocycles. The third-order valence-corrected chi connectivity index (χ3v) is 4.54. The summed E-state index contributed by atoms with van der Waals surface area (Å²) >= 11 is 0. The van der Waals surface area contributed by atoms with Crippen molar-refractivity contribution in [3.63, 3.8) is 0 Å². The average Bonchev–Trinajstić information content (AvgIpc) is 3.11. The second kappa shape index (κ2) is 7.32. The van der Waals surface area contributed by atoms with Crippen LogP contribution in [0.2, 0.25) is 0 Å². The van der Waals surface area contributed by atoms with E-state index < -0.39 is 0 Å². The topological polar surface area (TPSA) is 29.5 Å². The van der Waals surface area contributed by atoms with Crippen LogP contribution in [0, 0.1) is 0 Å². The number of rotatable bonds is 5. The lowest BCUT2D eigenvalue weighted by Gasteiger charge is -2.25. The number of methoxy groups -OCH3 is 1. The molecule has 1 aliphatic heterocycles. The third-order valence-electron chi connectivity index (χ3n) is 4.54. The van der Waals surface area contributed by atoms with Gasteiger partial charge in [0.05, 0.1) is 13.2 Å². The number of nitrogens with zero attached hydrogens (tertiary/aromatic N) is 1. The van der Waals surface area contributed by atoms with Crippen LogP contribution < -0.4 is 4.74 Å². The van der Waals surface area contributed by atoms with E-state index in [0.717, 1.165) is 31.6 Å². The van der Waals surface area contributed by atoms with E-state index in [4.69, 9.17) is 4.74 Å². The number of ether oxygens (including phenoxy) is 1. The van der Waals surface area contributed by atoms with Crippen LogP contribution in [-0.2, 0) is 11.2 Å². The van der Waals surface area contributed by atoms with Crippen molar-refractivity contribution in [1.29, 1.82) is 0 Å². The summed E-state index contributed by atoms with van der Waals surface area (Å²) in [5.41, 5.74) is 2.43. The highest BCUT2D eigenvalue weighted by Gasteiger charge is 2.29.